The first kappa shape index (κ1) is 26.0. The van der Waals surface area contributed by atoms with Crippen molar-refractivity contribution in [2.75, 3.05) is 27.3 Å². The summed E-state index contributed by atoms with van der Waals surface area (Å²) in [6, 6.07) is 20.9. The van der Waals surface area contributed by atoms with E-state index in [1.807, 2.05) is 36.4 Å². The van der Waals surface area contributed by atoms with Gasteiger partial charge < -0.3 is 24.4 Å². The topological polar surface area (TPSA) is 77.1 Å². The van der Waals surface area contributed by atoms with E-state index in [9.17, 15) is 14.0 Å². The molecule has 1 fully saturated rings. The second-order valence-corrected chi connectivity index (χ2v) is 8.97. The molecule has 1 heterocycles. The average molecular weight is 507 g/mol. The van der Waals surface area contributed by atoms with Gasteiger partial charge in [-0.2, -0.15) is 0 Å². The summed E-state index contributed by atoms with van der Waals surface area (Å²) < 4.78 is 29.9. The van der Waals surface area contributed by atoms with Gasteiger partial charge in [-0.25, -0.2) is 9.18 Å². The molecule has 3 aromatic carbocycles. The molecule has 2 amide bonds. The number of carbonyl (C=O) groups excluding carboxylic acids is 2. The number of likely N-dealkylation sites (tertiary alicyclic amines) is 1. The molecule has 0 bridgehead atoms. The van der Waals surface area contributed by atoms with E-state index < -0.39 is 11.7 Å². The zero-order valence-corrected chi connectivity index (χ0v) is 21.0. The highest BCUT2D eigenvalue weighted by Gasteiger charge is 2.41. The molecule has 7 nitrogen and oxygen atoms in total. The molecule has 1 aliphatic rings. The summed E-state index contributed by atoms with van der Waals surface area (Å²) in [4.78, 5) is 27.6. The molecule has 0 spiro atoms. The van der Waals surface area contributed by atoms with Crippen LogP contribution in [0.4, 0.5) is 9.18 Å². The average Bonchev–Trinajstić information content (AvgIpc) is 2.93. The molecule has 0 saturated carbocycles. The Morgan fingerprint density at radius 3 is 2.30 bits per heavy atom. The lowest BCUT2D eigenvalue weighted by molar-refractivity contribution is -0.135. The Bertz CT molecular complexity index is 1210. The van der Waals surface area contributed by atoms with Gasteiger partial charge in [0.2, 0.25) is 5.91 Å². The quantitative estimate of drug-likeness (QED) is 0.474. The summed E-state index contributed by atoms with van der Waals surface area (Å²) in [6.45, 7) is 1.10. The van der Waals surface area contributed by atoms with Crippen LogP contribution in [0.2, 0.25) is 0 Å². The van der Waals surface area contributed by atoms with Crippen molar-refractivity contribution in [1.29, 1.82) is 0 Å². The molecule has 1 N–H and O–H groups in total. The van der Waals surface area contributed by atoms with Gasteiger partial charge >= 0.3 is 6.09 Å². The van der Waals surface area contributed by atoms with Gasteiger partial charge in [-0.3, -0.25) is 4.79 Å². The fraction of sp³-hybridized carbons (Fsp3) is 0.310. The summed E-state index contributed by atoms with van der Waals surface area (Å²) in [5.41, 5.74) is 1.58. The van der Waals surface area contributed by atoms with E-state index in [-0.39, 0.29) is 24.7 Å². The minimum absolute atomic E-state index is 0.0377. The summed E-state index contributed by atoms with van der Waals surface area (Å²) in [5.74, 6) is 0.893. The fourth-order valence-electron chi connectivity index (χ4n) is 4.58. The molecule has 3 aromatic rings. The molecule has 0 atom stereocenters. The van der Waals surface area contributed by atoms with Crippen molar-refractivity contribution in [3.8, 4) is 11.5 Å². The Kier molecular flexibility index (Phi) is 8.28. The maximum Gasteiger partial charge on any atom is 0.408 e. The monoisotopic (exact) mass is 506 g/mol. The molecule has 37 heavy (non-hydrogen) atoms. The van der Waals surface area contributed by atoms with Crippen LogP contribution in [0.1, 0.15) is 29.5 Å². The zero-order valence-electron chi connectivity index (χ0n) is 21.0. The minimum Gasteiger partial charge on any atom is -0.497 e. The number of halogens is 1. The Hall–Kier alpha value is -4.07. The van der Waals surface area contributed by atoms with Crippen LogP contribution < -0.4 is 14.8 Å². The van der Waals surface area contributed by atoms with Crippen molar-refractivity contribution >= 4 is 12.0 Å². The second kappa shape index (κ2) is 11.8. The largest absolute Gasteiger partial charge is 0.497 e. The van der Waals surface area contributed by atoms with Crippen LogP contribution in [0, 0.1) is 5.82 Å². The number of nitrogens with one attached hydrogen (secondary N) is 1. The molecule has 8 heteroatoms. The number of amides is 2. The van der Waals surface area contributed by atoms with Crippen LogP contribution in [0.25, 0.3) is 0 Å². The number of piperidine rings is 1. The summed E-state index contributed by atoms with van der Waals surface area (Å²) >= 11 is 0. The number of alkyl carbamates (subject to hydrolysis) is 1. The van der Waals surface area contributed by atoms with Gasteiger partial charge in [-0.15, -0.1) is 0 Å². The van der Waals surface area contributed by atoms with Crippen molar-refractivity contribution in [2.45, 2.75) is 31.4 Å². The first-order chi connectivity index (χ1) is 17.9. The third kappa shape index (κ3) is 6.39. The van der Waals surface area contributed by atoms with E-state index >= 15 is 0 Å². The van der Waals surface area contributed by atoms with Crippen LogP contribution in [0.5, 0.6) is 11.5 Å². The van der Waals surface area contributed by atoms with E-state index in [1.165, 1.54) is 12.1 Å². The van der Waals surface area contributed by atoms with Crippen LogP contribution in [0.15, 0.2) is 72.8 Å². The van der Waals surface area contributed by atoms with Crippen molar-refractivity contribution in [2.24, 2.45) is 0 Å². The number of carbonyl (C=O) groups is 2. The molecular formula is C29H31FN2O5. The maximum absolute atomic E-state index is 13.2. The SMILES string of the molecule is COc1ccc(CNC(=O)OC2(c3ccccc3)CCN(C(=O)Cc3ccc(F)cc3)CC2)c(OC)c1. The Labute approximate surface area is 216 Å². The van der Waals surface area contributed by atoms with Gasteiger partial charge in [0.1, 0.15) is 22.9 Å². The smallest absolute Gasteiger partial charge is 0.408 e. The Morgan fingerprint density at radius 2 is 1.65 bits per heavy atom. The molecule has 0 radical (unpaired) electrons. The third-order valence-corrected chi connectivity index (χ3v) is 6.70. The highest BCUT2D eigenvalue weighted by atomic mass is 19.1. The molecule has 1 saturated heterocycles. The zero-order chi connectivity index (χ0) is 26.3. The fourth-order valence-corrected chi connectivity index (χ4v) is 4.58. The normalized spacial score (nSPS) is 14.5. The lowest BCUT2D eigenvalue weighted by Gasteiger charge is -2.41. The number of nitrogens with zero attached hydrogens (tertiary/aromatic N) is 1. The van der Waals surface area contributed by atoms with Crippen molar-refractivity contribution in [1.82, 2.24) is 10.2 Å². The number of rotatable bonds is 8. The molecule has 0 aliphatic carbocycles. The molecule has 1 aliphatic heterocycles. The predicted molar refractivity (Wildman–Crippen MR) is 137 cm³/mol. The number of hydrogen-bond donors (Lipinski definition) is 1. The van der Waals surface area contributed by atoms with E-state index in [0.29, 0.717) is 37.4 Å². The highest BCUT2D eigenvalue weighted by molar-refractivity contribution is 5.79. The predicted octanol–water partition coefficient (Wildman–Crippen LogP) is 4.83. The van der Waals surface area contributed by atoms with Crippen molar-refractivity contribution in [3.63, 3.8) is 0 Å². The van der Waals surface area contributed by atoms with Crippen LogP contribution in [0.3, 0.4) is 0 Å². The van der Waals surface area contributed by atoms with Gasteiger partial charge in [0.05, 0.1) is 20.6 Å². The number of methoxy groups -OCH3 is 2. The maximum atomic E-state index is 13.2. The summed E-state index contributed by atoms with van der Waals surface area (Å²) in [6.07, 6.45) is 0.577. The molecule has 0 aromatic heterocycles. The van der Waals surface area contributed by atoms with E-state index in [4.69, 9.17) is 14.2 Å². The number of hydrogen-bond acceptors (Lipinski definition) is 5. The van der Waals surface area contributed by atoms with Gasteiger partial charge in [0.25, 0.3) is 0 Å². The minimum atomic E-state index is -0.859. The first-order valence-corrected chi connectivity index (χ1v) is 12.2. The van der Waals surface area contributed by atoms with Gasteiger partial charge in [-0.1, -0.05) is 42.5 Å². The van der Waals surface area contributed by atoms with Gasteiger partial charge in [0, 0.05) is 44.1 Å². The highest BCUT2D eigenvalue weighted by Crippen LogP contribution is 2.37. The van der Waals surface area contributed by atoms with Gasteiger partial charge in [-0.05, 0) is 35.4 Å². The lowest BCUT2D eigenvalue weighted by Crippen LogP contribution is -2.48. The van der Waals surface area contributed by atoms with E-state index in [1.54, 1.807) is 43.4 Å². The number of benzene rings is 3. The molecule has 194 valence electrons. The summed E-state index contributed by atoms with van der Waals surface area (Å²) in [7, 11) is 3.14. The lowest BCUT2D eigenvalue weighted by atomic mass is 9.84. The third-order valence-electron chi connectivity index (χ3n) is 6.70. The van der Waals surface area contributed by atoms with Crippen LogP contribution >= 0.6 is 0 Å². The standard InChI is InChI=1S/C29H31FN2O5/c1-35-25-13-10-22(26(19-25)36-2)20-31-28(34)37-29(23-6-4-3-5-7-23)14-16-32(17-15-29)27(33)18-21-8-11-24(30)12-9-21/h3-13,19H,14-18,20H2,1-2H3,(H,31,34). The van der Waals surface area contributed by atoms with Gasteiger partial charge in [0.15, 0.2) is 0 Å². The molecule has 0 unspecified atom stereocenters. The Balaban J connectivity index is 1.42. The summed E-state index contributed by atoms with van der Waals surface area (Å²) in [5, 5.41) is 2.83. The van der Waals surface area contributed by atoms with Crippen molar-refractivity contribution in [3.05, 3.63) is 95.3 Å². The van der Waals surface area contributed by atoms with E-state index in [2.05, 4.69) is 5.32 Å². The Morgan fingerprint density at radius 1 is 0.946 bits per heavy atom. The second-order valence-electron chi connectivity index (χ2n) is 8.97. The molecule has 4 rings (SSSR count). The number of ether oxygens (including phenoxy) is 3. The molecular weight excluding hydrogens is 475 g/mol. The van der Waals surface area contributed by atoms with Crippen LogP contribution in [-0.4, -0.2) is 44.2 Å². The van der Waals surface area contributed by atoms with Crippen LogP contribution in [-0.2, 0) is 28.1 Å². The first-order valence-electron chi connectivity index (χ1n) is 12.2. The van der Waals surface area contributed by atoms with E-state index in [0.717, 1.165) is 16.7 Å². The van der Waals surface area contributed by atoms with Crippen molar-refractivity contribution < 1.29 is 28.2 Å².